The van der Waals surface area contributed by atoms with Gasteiger partial charge in [0.25, 0.3) is 0 Å². The third-order valence-electron chi connectivity index (χ3n) is 0. The molecule has 0 aliphatic heterocycles. The topological polar surface area (TPSA) is 241 Å². The van der Waals surface area contributed by atoms with Crippen LogP contribution in [0.15, 0.2) is 0 Å². The summed E-state index contributed by atoms with van der Waals surface area (Å²) >= 11 is 0. The van der Waals surface area contributed by atoms with Gasteiger partial charge in [-0.2, -0.15) is 0 Å². The van der Waals surface area contributed by atoms with Gasteiger partial charge < -0.3 is 27.3 Å². The average Bonchev–Trinajstić information content (AvgIpc) is 1.41. The van der Waals surface area contributed by atoms with E-state index < -0.39 is 31.2 Å². The molecule has 0 amide bonds. The van der Waals surface area contributed by atoms with Crippen molar-refractivity contribution >= 4 is 31.2 Å². The van der Waals surface area contributed by atoms with Crippen molar-refractivity contribution in [3.05, 3.63) is 0 Å². The van der Waals surface area contributed by atoms with Gasteiger partial charge in [0.15, 0.2) is 0 Å². The second kappa shape index (κ2) is 11.9. The van der Waals surface area contributed by atoms with E-state index in [0.717, 1.165) is 0 Å². The summed E-state index contributed by atoms with van der Waals surface area (Å²) < 4.78 is 102. The van der Waals surface area contributed by atoms with Crippen LogP contribution in [0, 0.1) is 0 Å². The van der Waals surface area contributed by atoms with E-state index in [1.165, 1.54) is 0 Å². The molecule has 0 aliphatic rings. The van der Waals surface area contributed by atoms with Crippen LogP contribution in [0.5, 0.6) is 0 Å². The zero-order valence-electron chi connectivity index (χ0n) is 6.89. The van der Waals surface area contributed by atoms with E-state index in [-0.39, 0.29) is 38.1 Å². The van der Waals surface area contributed by atoms with Crippen LogP contribution in [0.1, 0.15) is 0 Å². The fourth-order valence-electron chi connectivity index (χ4n) is 0. The summed E-state index contributed by atoms with van der Waals surface area (Å²) in [6.45, 7) is 0. The molecular weight excluding hydrogens is 440 g/mol. The van der Waals surface area contributed by atoms with Crippen LogP contribution in [0.2, 0.25) is 0 Å². The Hall–Kier alpha value is 0.818. The monoisotopic (exact) mass is 442 g/mol. The molecule has 0 saturated heterocycles. The van der Waals surface area contributed by atoms with Gasteiger partial charge in [-0.3, -0.25) is 25.3 Å². The standard InChI is InChI=1S/Fe.Mo.3H2O4S/c;;3*1-5(2,3)4/h;;3*(H2,1,2,3,4)/q+2;+4;;;/p-6. The summed E-state index contributed by atoms with van der Waals surface area (Å²) in [6, 6.07) is 0. The van der Waals surface area contributed by atoms with Crippen molar-refractivity contribution in [2.75, 3.05) is 0 Å². The number of rotatable bonds is 0. The summed E-state index contributed by atoms with van der Waals surface area (Å²) in [5, 5.41) is 0. The minimum absolute atomic E-state index is 0. The van der Waals surface area contributed by atoms with E-state index >= 15 is 0 Å². The molecule has 0 aromatic carbocycles. The molecule has 0 bridgehead atoms. The molecule has 0 rings (SSSR count). The van der Waals surface area contributed by atoms with E-state index in [9.17, 15) is 0 Å². The van der Waals surface area contributed by atoms with Crippen molar-refractivity contribution in [3.8, 4) is 0 Å². The first kappa shape index (κ1) is 30.7. The molecule has 0 saturated carbocycles. The molecule has 0 aromatic rings. The van der Waals surface area contributed by atoms with Gasteiger partial charge in [0.1, 0.15) is 0 Å². The minimum atomic E-state index is -5.17. The van der Waals surface area contributed by atoms with Crippen LogP contribution in [0.4, 0.5) is 0 Å². The molecule has 17 heavy (non-hydrogen) atoms. The van der Waals surface area contributed by atoms with Crippen LogP contribution >= 0.6 is 0 Å². The van der Waals surface area contributed by atoms with Crippen LogP contribution in [-0.4, -0.2) is 52.6 Å². The molecule has 12 nitrogen and oxygen atoms in total. The Morgan fingerprint density at radius 2 is 0.471 bits per heavy atom. The summed E-state index contributed by atoms with van der Waals surface area (Å²) in [6.07, 6.45) is 0. The van der Waals surface area contributed by atoms with Gasteiger partial charge in [0, 0.05) is 31.2 Å². The van der Waals surface area contributed by atoms with Gasteiger partial charge in [-0.25, -0.2) is 0 Å². The maximum Gasteiger partial charge on any atom is 4.00 e. The largest absolute Gasteiger partial charge is 4.00 e. The summed E-state index contributed by atoms with van der Waals surface area (Å²) in [7, 11) is -15.5. The molecular formula is FeMoO12S3. The van der Waals surface area contributed by atoms with E-state index in [4.69, 9.17) is 52.6 Å². The maximum atomic E-state index is 8.52. The predicted octanol–water partition coefficient (Wildman–Crippen LogP) is -4.02. The molecule has 0 spiro atoms. The minimum Gasteiger partial charge on any atom is -0.759 e. The van der Waals surface area contributed by atoms with Gasteiger partial charge in [-0.15, -0.1) is 0 Å². The van der Waals surface area contributed by atoms with E-state index in [1.54, 1.807) is 0 Å². The second-order valence-electron chi connectivity index (χ2n) is 1.22. The van der Waals surface area contributed by atoms with E-state index in [0.29, 0.717) is 0 Å². The van der Waals surface area contributed by atoms with Crippen molar-refractivity contribution in [1.82, 2.24) is 0 Å². The normalized spacial score (nSPS) is 10.2. The summed E-state index contributed by atoms with van der Waals surface area (Å²) in [5.41, 5.74) is 0. The first-order chi connectivity index (χ1) is 6.00. The average molecular weight is 440 g/mol. The van der Waals surface area contributed by atoms with Crippen molar-refractivity contribution in [2.45, 2.75) is 0 Å². The zero-order valence-corrected chi connectivity index (χ0v) is 12.4. The quantitative estimate of drug-likeness (QED) is 0.199. The number of hydrogen-bond acceptors (Lipinski definition) is 12. The van der Waals surface area contributed by atoms with Crippen molar-refractivity contribution in [2.24, 2.45) is 0 Å². The smallest absolute Gasteiger partial charge is 0.759 e. The molecule has 0 unspecified atom stereocenters. The maximum absolute atomic E-state index is 8.52. The first-order valence-electron chi connectivity index (χ1n) is 2.00. The van der Waals surface area contributed by atoms with Gasteiger partial charge in [0.05, 0.1) is 0 Å². The Morgan fingerprint density at radius 3 is 0.471 bits per heavy atom. The molecule has 0 aromatic heterocycles. The fraction of sp³-hybridized carbons (Fsp3) is 0. The SMILES string of the molecule is O=S(=O)([O-])[O-].O=S(=O)([O-])[O-].O=S(=O)([O-])[O-].[Fe+2].[Mo+4]. The molecule has 0 aliphatic carbocycles. The molecule has 0 heterocycles. The van der Waals surface area contributed by atoms with Crippen molar-refractivity contribution in [1.29, 1.82) is 0 Å². The van der Waals surface area contributed by atoms with Crippen LogP contribution in [0.25, 0.3) is 0 Å². The molecule has 104 valence electrons. The third-order valence-corrected chi connectivity index (χ3v) is 0. The van der Waals surface area contributed by atoms with Crippen LogP contribution in [0.3, 0.4) is 0 Å². The third kappa shape index (κ3) is 5520. The molecule has 0 N–H and O–H groups in total. The second-order valence-corrected chi connectivity index (χ2v) is 3.67. The van der Waals surface area contributed by atoms with Crippen molar-refractivity contribution in [3.63, 3.8) is 0 Å². The first-order valence-corrected chi connectivity index (χ1v) is 6.00. The van der Waals surface area contributed by atoms with Crippen molar-refractivity contribution < 1.29 is 90.7 Å². The molecule has 0 atom stereocenters. The van der Waals surface area contributed by atoms with Gasteiger partial charge in [-0.05, 0) is 0 Å². The zero-order chi connectivity index (χ0) is 13.5. The Morgan fingerprint density at radius 1 is 0.471 bits per heavy atom. The molecule has 0 radical (unpaired) electrons. The van der Waals surface area contributed by atoms with Gasteiger partial charge in [-0.1, -0.05) is 0 Å². The fourth-order valence-corrected chi connectivity index (χ4v) is 0. The van der Waals surface area contributed by atoms with Crippen LogP contribution < -0.4 is 0 Å². The number of hydrogen-bond donors (Lipinski definition) is 0. The van der Waals surface area contributed by atoms with E-state index in [2.05, 4.69) is 0 Å². The van der Waals surface area contributed by atoms with Gasteiger partial charge in [0.2, 0.25) is 0 Å². The Bertz CT molecular complexity index is 343. The molecule has 0 fully saturated rings. The van der Waals surface area contributed by atoms with Crippen LogP contribution in [-0.2, 0) is 69.3 Å². The van der Waals surface area contributed by atoms with Gasteiger partial charge >= 0.3 is 38.1 Å². The Labute approximate surface area is 121 Å². The summed E-state index contributed by atoms with van der Waals surface area (Å²) in [4.78, 5) is 0. The Kier molecular flexibility index (Phi) is 21.4. The predicted molar refractivity (Wildman–Crippen MR) is 31.4 cm³/mol. The Balaban J connectivity index is -0.0000000400. The molecule has 17 heteroatoms. The van der Waals surface area contributed by atoms with E-state index in [1.807, 2.05) is 0 Å². The summed E-state index contributed by atoms with van der Waals surface area (Å²) in [5.74, 6) is 0.